The van der Waals surface area contributed by atoms with Gasteiger partial charge in [0.05, 0.1) is 25.6 Å². The SMILES string of the molecule is COc1cc2c(cc1OC)C(c1ccccc1)=N[C@@H](CCCCN=C(N)N)C(=O)N2. The van der Waals surface area contributed by atoms with Crippen LogP contribution in [-0.4, -0.2) is 44.4 Å². The Hall–Kier alpha value is -3.55. The van der Waals surface area contributed by atoms with Gasteiger partial charge in [-0.1, -0.05) is 30.3 Å². The van der Waals surface area contributed by atoms with E-state index in [1.165, 1.54) is 0 Å². The number of ether oxygens (including phenoxy) is 2. The number of unbranched alkanes of at least 4 members (excludes halogenated alkanes) is 1. The van der Waals surface area contributed by atoms with Gasteiger partial charge in [-0.3, -0.25) is 14.8 Å². The number of benzodiazepines with no additional fused rings is 1. The second-order valence-electron chi connectivity index (χ2n) is 6.90. The lowest BCUT2D eigenvalue weighted by Crippen LogP contribution is -2.25. The molecule has 1 amide bonds. The first-order valence-corrected chi connectivity index (χ1v) is 9.79. The molecule has 0 saturated heterocycles. The number of nitrogens with two attached hydrogens (primary N) is 2. The number of hydrogen-bond acceptors (Lipinski definition) is 5. The van der Waals surface area contributed by atoms with Gasteiger partial charge in [0.15, 0.2) is 17.5 Å². The number of carbonyl (C=O) groups excluding carboxylic acids is 1. The summed E-state index contributed by atoms with van der Waals surface area (Å²) in [6.07, 6.45) is 2.13. The van der Waals surface area contributed by atoms with Crippen LogP contribution >= 0.6 is 0 Å². The van der Waals surface area contributed by atoms with Crippen LogP contribution in [-0.2, 0) is 4.79 Å². The minimum Gasteiger partial charge on any atom is -0.493 e. The molecule has 30 heavy (non-hydrogen) atoms. The van der Waals surface area contributed by atoms with E-state index in [1.807, 2.05) is 36.4 Å². The largest absolute Gasteiger partial charge is 0.493 e. The van der Waals surface area contributed by atoms with Gasteiger partial charge in [0.25, 0.3) is 0 Å². The predicted molar refractivity (Wildman–Crippen MR) is 119 cm³/mol. The first-order valence-electron chi connectivity index (χ1n) is 9.79. The van der Waals surface area contributed by atoms with Crippen molar-refractivity contribution in [2.24, 2.45) is 21.5 Å². The second-order valence-corrected chi connectivity index (χ2v) is 6.90. The van der Waals surface area contributed by atoms with E-state index in [4.69, 9.17) is 25.9 Å². The molecule has 8 heteroatoms. The number of guanidine groups is 1. The monoisotopic (exact) mass is 409 g/mol. The fourth-order valence-corrected chi connectivity index (χ4v) is 3.36. The van der Waals surface area contributed by atoms with Crippen LogP contribution in [0.25, 0.3) is 0 Å². The normalized spacial score (nSPS) is 15.3. The van der Waals surface area contributed by atoms with Gasteiger partial charge in [0, 0.05) is 23.7 Å². The molecule has 0 aliphatic carbocycles. The highest BCUT2D eigenvalue weighted by Crippen LogP contribution is 2.36. The molecule has 0 bridgehead atoms. The Balaban J connectivity index is 1.97. The van der Waals surface area contributed by atoms with Crippen LogP contribution in [0.2, 0.25) is 0 Å². The van der Waals surface area contributed by atoms with E-state index in [0.29, 0.717) is 30.2 Å². The third-order valence-electron chi connectivity index (χ3n) is 4.85. The fraction of sp³-hybridized carbons (Fsp3) is 0.318. The molecule has 0 unspecified atom stereocenters. The summed E-state index contributed by atoms with van der Waals surface area (Å²) in [7, 11) is 3.15. The van der Waals surface area contributed by atoms with E-state index in [0.717, 1.165) is 29.7 Å². The minimum absolute atomic E-state index is 0.0740. The number of nitrogens with zero attached hydrogens (tertiary/aromatic N) is 2. The van der Waals surface area contributed by atoms with Gasteiger partial charge in [-0.15, -0.1) is 0 Å². The maximum Gasteiger partial charge on any atom is 0.249 e. The Morgan fingerprint density at radius 1 is 1.10 bits per heavy atom. The molecule has 2 aromatic carbocycles. The zero-order chi connectivity index (χ0) is 21.5. The van der Waals surface area contributed by atoms with E-state index in [-0.39, 0.29) is 11.9 Å². The third kappa shape index (κ3) is 4.89. The minimum atomic E-state index is -0.524. The van der Waals surface area contributed by atoms with E-state index in [9.17, 15) is 4.79 Å². The van der Waals surface area contributed by atoms with Crippen LogP contribution in [0.15, 0.2) is 52.4 Å². The fourth-order valence-electron chi connectivity index (χ4n) is 3.36. The molecule has 5 N–H and O–H groups in total. The molecule has 1 heterocycles. The Morgan fingerprint density at radius 2 is 1.80 bits per heavy atom. The van der Waals surface area contributed by atoms with E-state index in [1.54, 1.807) is 20.3 Å². The molecule has 0 aromatic heterocycles. The van der Waals surface area contributed by atoms with Crippen molar-refractivity contribution >= 4 is 23.3 Å². The summed E-state index contributed by atoms with van der Waals surface area (Å²) in [5.41, 5.74) is 13.8. The van der Waals surface area contributed by atoms with Gasteiger partial charge >= 0.3 is 0 Å². The summed E-state index contributed by atoms with van der Waals surface area (Å²) < 4.78 is 10.9. The maximum atomic E-state index is 12.9. The highest BCUT2D eigenvalue weighted by Gasteiger charge is 2.27. The van der Waals surface area contributed by atoms with Gasteiger partial charge in [0.2, 0.25) is 5.91 Å². The van der Waals surface area contributed by atoms with Gasteiger partial charge in [-0.2, -0.15) is 0 Å². The van der Waals surface area contributed by atoms with Crippen molar-refractivity contribution in [3.05, 3.63) is 53.6 Å². The number of hydrogen-bond donors (Lipinski definition) is 3. The van der Waals surface area contributed by atoms with Gasteiger partial charge in [-0.25, -0.2) is 0 Å². The molecular formula is C22H27N5O3. The lowest BCUT2D eigenvalue weighted by Gasteiger charge is -2.15. The van der Waals surface area contributed by atoms with Crippen LogP contribution in [0.1, 0.15) is 30.4 Å². The van der Waals surface area contributed by atoms with Crippen LogP contribution < -0.4 is 26.3 Å². The van der Waals surface area contributed by atoms with Crippen LogP contribution in [0.4, 0.5) is 5.69 Å². The first-order chi connectivity index (χ1) is 14.5. The molecule has 0 spiro atoms. The second kappa shape index (κ2) is 9.78. The molecule has 3 rings (SSSR count). The number of amides is 1. The highest BCUT2D eigenvalue weighted by molar-refractivity contribution is 6.20. The van der Waals surface area contributed by atoms with Gasteiger partial charge in [-0.05, 0) is 25.3 Å². The summed E-state index contributed by atoms with van der Waals surface area (Å²) in [6.45, 7) is 0.528. The van der Waals surface area contributed by atoms with Crippen LogP contribution in [0.5, 0.6) is 11.5 Å². The smallest absolute Gasteiger partial charge is 0.249 e. The molecule has 1 aliphatic rings. The average molecular weight is 409 g/mol. The predicted octanol–water partition coefficient (Wildman–Crippen LogP) is 2.31. The number of fused-ring (bicyclic) bond motifs is 1. The molecule has 158 valence electrons. The van der Waals surface area contributed by atoms with Crippen molar-refractivity contribution in [2.75, 3.05) is 26.1 Å². The number of nitrogens with one attached hydrogen (secondary N) is 1. The standard InChI is InChI=1S/C22H27N5O3/c1-29-18-12-15-17(13-19(18)30-2)27-21(28)16(10-6-7-11-25-22(23)24)26-20(15)14-8-4-3-5-9-14/h3-5,8-9,12-13,16H,6-7,10-11H2,1-2H3,(H,27,28)(H4,23,24,25)/t16-/m0/s1. The van der Waals surface area contributed by atoms with Crippen molar-refractivity contribution in [3.8, 4) is 11.5 Å². The first kappa shape index (κ1) is 21.2. The molecule has 8 nitrogen and oxygen atoms in total. The summed E-state index contributed by atoms with van der Waals surface area (Å²) in [5.74, 6) is 1.03. The molecule has 1 atom stereocenters. The maximum absolute atomic E-state index is 12.9. The number of aliphatic imine (C=N–C) groups is 2. The van der Waals surface area contributed by atoms with Crippen LogP contribution in [0, 0.1) is 0 Å². The zero-order valence-electron chi connectivity index (χ0n) is 17.2. The average Bonchev–Trinajstić information content (AvgIpc) is 2.88. The zero-order valence-corrected chi connectivity index (χ0v) is 17.2. The van der Waals surface area contributed by atoms with Crippen molar-refractivity contribution < 1.29 is 14.3 Å². The third-order valence-corrected chi connectivity index (χ3v) is 4.85. The number of carbonyl (C=O) groups is 1. The highest BCUT2D eigenvalue weighted by atomic mass is 16.5. The van der Waals surface area contributed by atoms with Crippen molar-refractivity contribution in [2.45, 2.75) is 25.3 Å². The van der Waals surface area contributed by atoms with E-state index in [2.05, 4.69) is 10.3 Å². The molecule has 0 saturated carbocycles. The van der Waals surface area contributed by atoms with Crippen molar-refractivity contribution in [3.63, 3.8) is 0 Å². The summed E-state index contributed by atoms with van der Waals surface area (Å²) in [6, 6.07) is 12.9. The summed E-state index contributed by atoms with van der Waals surface area (Å²) in [5, 5.41) is 3.00. The number of benzene rings is 2. The van der Waals surface area contributed by atoms with E-state index < -0.39 is 6.04 Å². The van der Waals surface area contributed by atoms with E-state index >= 15 is 0 Å². The van der Waals surface area contributed by atoms with Gasteiger partial charge in [0.1, 0.15) is 6.04 Å². The van der Waals surface area contributed by atoms with Crippen LogP contribution in [0.3, 0.4) is 0 Å². The quantitative estimate of drug-likeness (QED) is 0.351. The molecule has 1 aliphatic heterocycles. The molecular weight excluding hydrogens is 382 g/mol. The Kier molecular flexibility index (Phi) is 6.90. The van der Waals surface area contributed by atoms with Gasteiger partial charge < -0.3 is 26.3 Å². The summed E-state index contributed by atoms with van der Waals surface area (Å²) in [4.78, 5) is 21.8. The lowest BCUT2D eigenvalue weighted by molar-refractivity contribution is -0.117. The van der Waals surface area contributed by atoms with Crippen molar-refractivity contribution in [1.82, 2.24) is 0 Å². The lowest BCUT2D eigenvalue weighted by atomic mass is 9.99. The summed E-state index contributed by atoms with van der Waals surface area (Å²) >= 11 is 0. The Bertz CT molecular complexity index is 953. The number of methoxy groups -OCH3 is 2. The topological polar surface area (TPSA) is 124 Å². The molecule has 0 fully saturated rings. The Morgan fingerprint density at radius 3 is 2.47 bits per heavy atom. The number of rotatable bonds is 8. The molecule has 0 radical (unpaired) electrons. The number of anilines is 1. The molecule has 2 aromatic rings. The van der Waals surface area contributed by atoms with Crippen molar-refractivity contribution in [1.29, 1.82) is 0 Å². The Labute approximate surface area is 176 Å².